The van der Waals surface area contributed by atoms with Gasteiger partial charge in [-0.25, -0.2) is 4.98 Å². The molecule has 152 valence electrons. The van der Waals surface area contributed by atoms with E-state index in [1.165, 1.54) is 6.07 Å². The zero-order valence-electron chi connectivity index (χ0n) is 16.1. The number of rotatable bonds is 6. The van der Waals surface area contributed by atoms with Crippen molar-refractivity contribution in [2.75, 3.05) is 6.54 Å². The van der Waals surface area contributed by atoms with Crippen LogP contribution in [0.1, 0.15) is 43.7 Å². The molecule has 0 bridgehead atoms. The van der Waals surface area contributed by atoms with E-state index in [0.29, 0.717) is 36.5 Å². The molecular formula is C20H24F3N3O2. The van der Waals surface area contributed by atoms with Gasteiger partial charge in [0.1, 0.15) is 5.76 Å². The van der Waals surface area contributed by atoms with Crippen molar-refractivity contribution in [2.24, 2.45) is 0 Å². The van der Waals surface area contributed by atoms with Gasteiger partial charge in [0.25, 0.3) is 0 Å². The van der Waals surface area contributed by atoms with Gasteiger partial charge in [0.15, 0.2) is 0 Å². The summed E-state index contributed by atoms with van der Waals surface area (Å²) in [6.45, 7) is 7.06. The van der Waals surface area contributed by atoms with Gasteiger partial charge in [-0.15, -0.1) is 0 Å². The van der Waals surface area contributed by atoms with Crippen molar-refractivity contribution in [1.82, 2.24) is 15.2 Å². The quantitative estimate of drug-likeness (QED) is 0.798. The van der Waals surface area contributed by atoms with Crippen LogP contribution in [0, 0.1) is 6.92 Å². The molecule has 1 fully saturated rings. The summed E-state index contributed by atoms with van der Waals surface area (Å²) in [4.78, 5) is 18.1. The second-order valence-electron chi connectivity index (χ2n) is 7.43. The average molecular weight is 395 g/mol. The molecule has 5 nitrogen and oxygen atoms in total. The van der Waals surface area contributed by atoms with Gasteiger partial charge in [-0.2, -0.15) is 13.2 Å². The summed E-state index contributed by atoms with van der Waals surface area (Å²) in [5, 5.41) is 2.96. The molecule has 1 aromatic carbocycles. The smallest absolute Gasteiger partial charge is 0.416 e. The van der Waals surface area contributed by atoms with E-state index in [1.54, 1.807) is 13.0 Å². The third-order valence-corrected chi connectivity index (χ3v) is 4.95. The lowest BCUT2D eigenvalue weighted by atomic mass is 10.1. The molecule has 8 heteroatoms. The van der Waals surface area contributed by atoms with E-state index >= 15 is 0 Å². The average Bonchev–Trinajstić information content (AvgIpc) is 3.19. The van der Waals surface area contributed by atoms with Gasteiger partial charge in [0.05, 0.1) is 11.3 Å². The van der Waals surface area contributed by atoms with Crippen LogP contribution in [0.3, 0.4) is 0 Å². The molecule has 1 saturated heterocycles. The Morgan fingerprint density at radius 1 is 1.36 bits per heavy atom. The van der Waals surface area contributed by atoms with Crippen LogP contribution in [0.15, 0.2) is 28.7 Å². The van der Waals surface area contributed by atoms with E-state index in [4.69, 9.17) is 4.42 Å². The summed E-state index contributed by atoms with van der Waals surface area (Å²) >= 11 is 0. The van der Waals surface area contributed by atoms with Crippen molar-refractivity contribution in [3.8, 4) is 11.5 Å². The maximum Gasteiger partial charge on any atom is 0.416 e. The molecule has 1 unspecified atom stereocenters. The second-order valence-corrected chi connectivity index (χ2v) is 7.43. The van der Waals surface area contributed by atoms with E-state index in [0.717, 1.165) is 18.6 Å². The zero-order valence-corrected chi connectivity index (χ0v) is 16.1. The molecule has 0 aliphatic carbocycles. The van der Waals surface area contributed by atoms with Crippen LogP contribution < -0.4 is 5.32 Å². The first-order valence-corrected chi connectivity index (χ1v) is 9.31. The van der Waals surface area contributed by atoms with Gasteiger partial charge in [0, 0.05) is 37.2 Å². The minimum atomic E-state index is -4.42. The number of alkyl halides is 3. The molecule has 2 aromatic rings. The van der Waals surface area contributed by atoms with Crippen LogP contribution in [-0.4, -0.2) is 34.4 Å². The molecule has 2 heterocycles. The van der Waals surface area contributed by atoms with Crippen molar-refractivity contribution in [3.63, 3.8) is 0 Å². The highest BCUT2D eigenvalue weighted by Crippen LogP contribution is 2.32. The molecule has 0 radical (unpaired) electrons. The lowest BCUT2D eigenvalue weighted by molar-refractivity contribution is -0.137. The largest absolute Gasteiger partial charge is 0.441 e. The van der Waals surface area contributed by atoms with Gasteiger partial charge < -0.3 is 9.73 Å². The van der Waals surface area contributed by atoms with E-state index in [9.17, 15) is 18.0 Å². The minimum absolute atomic E-state index is 0.0677. The molecule has 1 atom stereocenters. The SMILES string of the molecule is Cc1oc(-c2cccc(C(F)(F)F)c2)nc1CN(CC1CCC(=O)N1)C(C)C. The fourth-order valence-electron chi connectivity index (χ4n) is 3.27. The number of nitrogens with zero attached hydrogens (tertiary/aromatic N) is 2. The Morgan fingerprint density at radius 2 is 2.11 bits per heavy atom. The number of halogens is 3. The Kier molecular flexibility index (Phi) is 5.79. The van der Waals surface area contributed by atoms with Crippen molar-refractivity contribution >= 4 is 5.91 Å². The van der Waals surface area contributed by atoms with Crippen LogP contribution in [0.2, 0.25) is 0 Å². The molecule has 0 saturated carbocycles. The fraction of sp³-hybridized carbons (Fsp3) is 0.500. The van der Waals surface area contributed by atoms with E-state index in [-0.39, 0.29) is 23.9 Å². The second kappa shape index (κ2) is 7.95. The molecular weight excluding hydrogens is 371 g/mol. The van der Waals surface area contributed by atoms with Gasteiger partial charge in [-0.1, -0.05) is 6.07 Å². The zero-order chi connectivity index (χ0) is 20.5. The predicted octanol–water partition coefficient (Wildman–Crippen LogP) is 4.16. The van der Waals surface area contributed by atoms with Gasteiger partial charge in [-0.3, -0.25) is 9.69 Å². The molecule has 1 aromatic heterocycles. The Hall–Kier alpha value is -2.35. The lowest BCUT2D eigenvalue weighted by Gasteiger charge is -2.28. The maximum atomic E-state index is 13.0. The first-order chi connectivity index (χ1) is 13.1. The number of carbonyl (C=O) groups is 1. The van der Waals surface area contributed by atoms with Crippen molar-refractivity contribution in [1.29, 1.82) is 0 Å². The first kappa shape index (κ1) is 20.4. The third kappa shape index (κ3) is 4.73. The highest BCUT2D eigenvalue weighted by molar-refractivity contribution is 5.78. The third-order valence-electron chi connectivity index (χ3n) is 4.95. The van der Waals surface area contributed by atoms with Crippen LogP contribution in [0.25, 0.3) is 11.5 Å². The van der Waals surface area contributed by atoms with Crippen LogP contribution >= 0.6 is 0 Å². The van der Waals surface area contributed by atoms with Gasteiger partial charge >= 0.3 is 6.18 Å². The topological polar surface area (TPSA) is 58.4 Å². The highest BCUT2D eigenvalue weighted by Gasteiger charge is 2.31. The first-order valence-electron chi connectivity index (χ1n) is 9.31. The van der Waals surface area contributed by atoms with Crippen LogP contribution in [0.5, 0.6) is 0 Å². The number of nitrogens with one attached hydrogen (secondary N) is 1. The summed E-state index contributed by atoms with van der Waals surface area (Å²) in [5.41, 5.74) is 0.247. The predicted molar refractivity (Wildman–Crippen MR) is 98.4 cm³/mol. The Labute approximate surface area is 161 Å². The summed E-state index contributed by atoms with van der Waals surface area (Å²) < 4.78 is 44.5. The number of amides is 1. The molecule has 1 aliphatic rings. The summed E-state index contributed by atoms with van der Waals surface area (Å²) in [7, 11) is 0. The summed E-state index contributed by atoms with van der Waals surface area (Å²) in [6, 6.07) is 5.29. The van der Waals surface area contributed by atoms with Crippen LogP contribution in [0.4, 0.5) is 13.2 Å². The van der Waals surface area contributed by atoms with Crippen molar-refractivity contribution in [3.05, 3.63) is 41.3 Å². The van der Waals surface area contributed by atoms with E-state index in [2.05, 4.69) is 29.0 Å². The Morgan fingerprint density at radius 3 is 2.71 bits per heavy atom. The minimum Gasteiger partial charge on any atom is -0.441 e. The molecule has 1 N–H and O–H groups in total. The summed E-state index contributed by atoms with van der Waals surface area (Å²) in [6.07, 6.45) is -3.07. The standard InChI is InChI=1S/C20H24F3N3O2/c1-12(2)26(10-16-7-8-18(27)24-16)11-17-13(3)28-19(25-17)14-5-4-6-15(9-14)20(21,22)23/h4-6,9,12,16H,7-8,10-11H2,1-3H3,(H,24,27). The molecule has 3 rings (SSSR count). The maximum absolute atomic E-state index is 13.0. The Bertz CT molecular complexity index is 845. The number of aromatic nitrogens is 1. The van der Waals surface area contributed by atoms with E-state index in [1.807, 2.05) is 0 Å². The van der Waals surface area contributed by atoms with Gasteiger partial charge in [0.2, 0.25) is 11.8 Å². The molecule has 1 amide bonds. The number of hydrogen-bond donors (Lipinski definition) is 1. The summed E-state index contributed by atoms with van der Waals surface area (Å²) in [5.74, 6) is 0.822. The van der Waals surface area contributed by atoms with Crippen molar-refractivity contribution < 1.29 is 22.4 Å². The lowest BCUT2D eigenvalue weighted by Crippen LogP contribution is -2.41. The van der Waals surface area contributed by atoms with Gasteiger partial charge in [-0.05, 0) is 45.4 Å². The Balaban J connectivity index is 1.78. The number of carbonyl (C=O) groups excluding carboxylic acids is 1. The number of hydrogen-bond acceptors (Lipinski definition) is 4. The molecule has 1 aliphatic heterocycles. The molecule has 28 heavy (non-hydrogen) atoms. The molecule has 0 spiro atoms. The van der Waals surface area contributed by atoms with Crippen molar-refractivity contribution in [2.45, 2.75) is 58.4 Å². The number of aryl methyl sites for hydroxylation is 1. The number of oxazole rings is 1. The number of benzene rings is 1. The monoisotopic (exact) mass is 395 g/mol. The van der Waals surface area contributed by atoms with Crippen LogP contribution in [-0.2, 0) is 17.5 Å². The van der Waals surface area contributed by atoms with E-state index < -0.39 is 11.7 Å². The highest BCUT2D eigenvalue weighted by atomic mass is 19.4. The fourth-order valence-corrected chi connectivity index (χ4v) is 3.27. The normalized spacial score (nSPS) is 17.6.